The minimum Gasteiger partial charge on any atom is -0.465 e. The number of nitrogens with zero attached hydrogens (tertiary/aromatic N) is 2. The van der Waals surface area contributed by atoms with Crippen LogP contribution >= 0.6 is 11.8 Å². The average molecular weight is 340 g/mol. The van der Waals surface area contributed by atoms with Gasteiger partial charge in [-0.2, -0.15) is 0 Å². The second kappa shape index (κ2) is 7.53. The van der Waals surface area contributed by atoms with Crippen molar-refractivity contribution < 1.29 is 9.53 Å². The van der Waals surface area contributed by atoms with Gasteiger partial charge in [-0.05, 0) is 36.2 Å². The summed E-state index contributed by atoms with van der Waals surface area (Å²) in [6.45, 7) is 2.90. The first kappa shape index (κ1) is 16.6. The van der Waals surface area contributed by atoms with E-state index in [9.17, 15) is 4.79 Å². The number of imidazole rings is 1. The molecule has 1 heterocycles. The van der Waals surface area contributed by atoms with Crippen LogP contribution in [0.2, 0.25) is 0 Å². The normalized spacial score (nSPS) is 10.9. The molecule has 0 saturated heterocycles. The summed E-state index contributed by atoms with van der Waals surface area (Å²) >= 11 is 1.78. The largest absolute Gasteiger partial charge is 0.465 e. The molecule has 1 aromatic heterocycles. The van der Waals surface area contributed by atoms with Crippen LogP contribution in [0.5, 0.6) is 0 Å². The van der Waals surface area contributed by atoms with E-state index in [4.69, 9.17) is 9.72 Å². The number of ether oxygens (including phenoxy) is 1. The number of hydrogen-bond acceptors (Lipinski definition) is 4. The Hall–Kier alpha value is -2.27. The van der Waals surface area contributed by atoms with Gasteiger partial charge in [0, 0.05) is 5.75 Å². The lowest BCUT2D eigenvalue weighted by molar-refractivity contribution is 0.0600. The van der Waals surface area contributed by atoms with E-state index in [1.165, 1.54) is 7.11 Å². The van der Waals surface area contributed by atoms with Crippen molar-refractivity contribution in [1.82, 2.24) is 9.55 Å². The molecule has 24 heavy (non-hydrogen) atoms. The Labute approximate surface area is 145 Å². The number of carbonyl (C=O) groups excluding carboxylic acids is 1. The number of aromatic nitrogens is 2. The van der Waals surface area contributed by atoms with Gasteiger partial charge in [-0.1, -0.05) is 43.0 Å². The van der Waals surface area contributed by atoms with Gasteiger partial charge in [0.05, 0.1) is 30.3 Å². The van der Waals surface area contributed by atoms with Gasteiger partial charge < -0.3 is 9.30 Å². The standard InChI is InChI=1S/C19H20N2O2S/c1-3-12-24-19-20-16-6-4-5-7-17(16)21(19)13-14-8-10-15(11-9-14)18(22)23-2/h4-11H,3,12-13H2,1-2H3. The Bertz CT molecular complexity index is 840. The van der Waals surface area contributed by atoms with Crippen LogP contribution in [0.15, 0.2) is 53.7 Å². The highest BCUT2D eigenvalue weighted by Crippen LogP contribution is 2.25. The number of benzene rings is 2. The fraction of sp³-hybridized carbons (Fsp3) is 0.263. The van der Waals surface area contributed by atoms with Crippen molar-refractivity contribution in [2.75, 3.05) is 12.9 Å². The zero-order valence-electron chi connectivity index (χ0n) is 13.9. The van der Waals surface area contributed by atoms with E-state index < -0.39 is 0 Å². The van der Waals surface area contributed by atoms with Gasteiger partial charge in [0.2, 0.25) is 0 Å². The maximum atomic E-state index is 11.5. The third-order valence-electron chi connectivity index (χ3n) is 3.77. The molecule has 0 aliphatic carbocycles. The molecule has 4 nitrogen and oxygen atoms in total. The topological polar surface area (TPSA) is 44.1 Å². The molecule has 3 aromatic rings. The fourth-order valence-corrected chi connectivity index (χ4v) is 3.42. The molecule has 0 bridgehead atoms. The first-order valence-electron chi connectivity index (χ1n) is 7.98. The Morgan fingerprint density at radius 1 is 1.17 bits per heavy atom. The lowest BCUT2D eigenvalue weighted by Gasteiger charge is -2.09. The summed E-state index contributed by atoms with van der Waals surface area (Å²) in [5.74, 6) is 0.735. The number of carbonyl (C=O) groups is 1. The monoisotopic (exact) mass is 340 g/mol. The van der Waals surface area contributed by atoms with E-state index in [2.05, 4.69) is 17.6 Å². The molecule has 0 amide bonds. The number of hydrogen-bond donors (Lipinski definition) is 0. The van der Waals surface area contributed by atoms with E-state index >= 15 is 0 Å². The molecule has 2 aromatic carbocycles. The fourth-order valence-electron chi connectivity index (χ4n) is 2.56. The van der Waals surface area contributed by atoms with Crippen molar-refractivity contribution in [1.29, 1.82) is 0 Å². The van der Waals surface area contributed by atoms with E-state index in [-0.39, 0.29) is 5.97 Å². The molecule has 0 fully saturated rings. The maximum Gasteiger partial charge on any atom is 0.337 e. The molecule has 5 heteroatoms. The second-order valence-corrected chi connectivity index (χ2v) is 6.57. The smallest absolute Gasteiger partial charge is 0.337 e. The molecule has 0 aliphatic rings. The predicted octanol–water partition coefficient (Wildman–Crippen LogP) is 4.37. The minimum atomic E-state index is -0.311. The van der Waals surface area contributed by atoms with Crippen molar-refractivity contribution in [2.24, 2.45) is 0 Å². The molecular formula is C19H20N2O2S. The maximum absolute atomic E-state index is 11.5. The Balaban J connectivity index is 1.92. The quantitative estimate of drug-likeness (QED) is 0.493. The molecule has 0 spiro atoms. The van der Waals surface area contributed by atoms with Crippen LogP contribution in [0.25, 0.3) is 11.0 Å². The minimum absolute atomic E-state index is 0.311. The molecular weight excluding hydrogens is 320 g/mol. The molecule has 3 rings (SSSR count). The summed E-state index contributed by atoms with van der Waals surface area (Å²) in [5, 5.41) is 1.04. The number of rotatable bonds is 6. The second-order valence-electron chi connectivity index (χ2n) is 5.51. The third-order valence-corrected chi connectivity index (χ3v) is 4.95. The van der Waals surface area contributed by atoms with Gasteiger partial charge in [-0.25, -0.2) is 9.78 Å². The van der Waals surface area contributed by atoms with Crippen LogP contribution in [0.4, 0.5) is 0 Å². The first-order chi connectivity index (χ1) is 11.7. The molecule has 0 aliphatic heterocycles. The van der Waals surface area contributed by atoms with Gasteiger partial charge in [-0.15, -0.1) is 0 Å². The van der Waals surface area contributed by atoms with Gasteiger partial charge in [0.25, 0.3) is 0 Å². The van der Waals surface area contributed by atoms with E-state index in [1.807, 2.05) is 30.3 Å². The van der Waals surface area contributed by atoms with Crippen LogP contribution in [0.1, 0.15) is 29.3 Å². The summed E-state index contributed by atoms with van der Waals surface area (Å²) in [7, 11) is 1.39. The van der Waals surface area contributed by atoms with Crippen LogP contribution in [0, 0.1) is 0 Å². The molecule has 0 radical (unpaired) electrons. The van der Waals surface area contributed by atoms with Gasteiger partial charge >= 0.3 is 5.97 Å². The van der Waals surface area contributed by atoms with Crippen LogP contribution in [0.3, 0.4) is 0 Å². The lowest BCUT2D eigenvalue weighted by Crippen LogP contribution is -2.04. The Morgan fingerprint density at radius 2 is 1.92 bits per heavy atom. The van der Waals surface area contributed by atoms with Gasteiger partial charge in [0.15, 0.2) is 5.16 Å². The predicted molar refractivity (Wildman–Crippen MR) is 97.6 cm³/mol. The van der Waals surface area contributed by atoms with Crippen molar-refractivity contribution in [3.63, 3.8) is 0 Å². The Kier molecular flexibility index (Phi) is 5.20. The summed E-state index contributed by atoms with van der Waals surface area (Å²) in [6, 6.07) is 15.7. The van der Waals surface area contributed by atoms with Crippen LogP contribution < -0.4 is 0 Å². The van der Waals surface area contributed by atoms with E-state index in [1.54, 1.807) is 23.9 Å². The SMILES string of the molecule is CCCSc1nc2ccccc2n1Cc1ccc(C(=O)OC)cc1. The van der Waals surface area contributed by atoms with Crippen molar-refractivity contribution in [3.8, 4) is 0 Å². The van der Waals surface area contributed by atoms with E-state index in [0.29, 0.717) is 5.56 Å². The van der Waals surface area contributed by atoms with Crippen molar-refractivity contribution >= 4 is 28.8 Å². The number of fused-ring (bicyclic) bond motifs is 1. The summed E-state index contributed by atoms with van der Waals surface area (Å²) in [6.07, 6.45) is 1.11. The summed E-state index contributed by atoms with van der Waals surface area (Å²) < 4.78 is 6.98. The summed E-state index contributed by atoms with van der Waals surface area (Å²) in [5.41, 5.74) is 3.84. The van der Waals surface area contributed by atoms with E-state index in [0.717, 1.165) is 40.5 Å². The summed E-state index contributed by atoms with van der Waals surface area (Å²) in [4.78, 5) is 16.3. The van der Waals surface area contributed by atoms with Crippen molar-refractivity contribution in [3.05, 3.63) is 59.7 Å². The lowest BCUT2D eigenvalue weighted by atomic mass is 10.1. The number of esters is 1. The van der Waals surface area contributed by atoms with Gasteiger partial charge in [-0.3, -0.25) is 0 Å². The molecule has 0 saturated carbocycles. The molecule has 0 unspecified atom stereocenters. The molecule has 0 N–H and O–H groups in total. The Morgan fingerprint density at radius 3 is 2.62 bits per heavy atom. The number of thioether (sulfide) groups is 1. The van der Waals surface area contributed by atoms with Gasteiger partial charge in [0.1, 0.15) is 0 Å². The zero-order valence-corrected chi connectivity index (χ0v) is 14.7. The average Bonchev–Trinajstić information content (AvgIpc) is 2.97. The zero-order chi connectivity index (χ0) is 16.9. The molecule has 0 atom stereocenters. The van der Waals surface area contributed by atoms with Crippen LogP contribution in [-0.2, 0) is 11.3 Å². The van der Waals surface area contributed by atoms with Crippen molar-refractivity contribution in [2.45, 2.75) is 25.0 Å². The third kappa shape index (κ3) is 3.46. The first-order valence-corrected chi connectivity index (χ1v) is 8.96. The highest BCUT2D eigenvalue weighted by molar-refractivity contribution is 7.99. The molecule has 124 valence electrons. The highest BCUT2D eigenvalue weighted by atomic mass is 32.2. The van der Waals surface area contributed by atoms with Crippen LogP contribution in [-0.4, -0.2) is 28.4 Å². The number of para-hydroxylation sites is 2. The highest BCUT2D eigenvalue weighted by Gasteiger charge is 2.12. The number of methoxy groups -OCH3 is 1.